The molecule has 5 nitrogen and oxygen atoms in total. The number of nitrogens with zero attached hydrogens (tertiary/aromatic N) is 2. The summed E-state index contributed by atoms with van der Waals surface area (Å²) >= 11 is 5.52. The van der Waals surface area contributed by atoms with Crippen LogP contribution in [0.1, 0.15) is 5.56 Å². The van der Waals surface area contributed by atoms with Gasteiger partial charge in [-0.25, -0.2) is 4.39 Å². The van der Waals surface area contributed by atoms with E-state index in [2.05, 4.69) is 10.2 Å². The number of rotatable bonds is 2. The van der Waals surface area contributed by atoms with Gasteiger partial charge < -0.3 is 16.6 Å². The molecule has 0 bridgehead atoms. The topological polar surface area (TPSA) is 97.0 Å². The van der Waals surface area contributed by atoms with Crippen LogP contribution in [0.2, 0.25) is 5.02 Å². The van der Waals surface area contributed by atoms with E-state index < -0.39 is 11.6 Å². The molecule has 0 atom stereocenters. The van der Waals surface area contributed by atoms with Crippen LogP contribution < -0.4 is 11.5 Å². The highest BCUT2D eigenvalue weighted by Gasteiger charge is 2.06. The van der Waals surface area contributed by atoms with Crippen molar-refractivity contribution >= 4 is 23.8 Å². The lowest BCUT2D eigenvalue weighted by atomic mass is 10.2. The quantitative estimate of drug-likeness (QED) is 0.398. The Morgan fingerprint density at radius 1 is 1.47 bits per heavy atom. The molecule has 0 unspecified atom stereocenters. The van der Waals surface area contributed by atoms with E-state index >= 15 is 0 Å². The molecule has 0 aliphatic carbocycles. The molecule has 0 aliphatic rings. The van der Waals surface area contributed by atoms with Gasteiger partial charge in [0.05, 0.1) is 11.2 Å². The van der Waals surface area contributed by atoms with Crippen molar-refractivity contribution < 1.29 is 9.50 Å². The van der Waals surface area contributed by atoms with Gasteiger partial charge in [-0.15, -0.1) is 5.10 Å². The molecule has 1 aromatic rings. The second kappa shape index (κ2) is 4.61. The van der Waals surface area contributed by atoms with Crippen LogP contribution >= 0.6 is 11.6 Å². The van der Waals surface area contributed by atoms with E-state index in [1.807, 2.05) is 0 Å². The Balaban J connectivity index is 2.98. The molecule has 0 radical (unpaired) electrons. The highest BCUT2D eigenvalue weighted by Crippen LogP contribution is 2.26. The lowest BCUT2D eigenvalue weighted by Gasteiger charge is -1.99. The number of hydrogen-bond donors (Lipinski definition) is 3. The van der Waals surface area contributed by atoms with Gasteiger partial charge in [0.15, 0.2) is 11.6 Å². The predicted octanol–water partition coefficient (Wildman–Crippen LogP) is 0.792. The molecule has 0 fully saturated rings. The van der Waals surface area contributed by atoms with Crippen molar-refractivity contribution in [2.24, 2.45) is 21.7 Å². The molecule has 0 heterocycles. The average Bonchev–Trinajstić information content (AvgIpc) is 2.13. The number of phenolic OH excluding ortho intramolecular Hbond substituents is 1. The molecule has 0 spiro atoms. The van der Waals surface area contributed by atoms with Gasteiger partial charge in [-0.1, -0.05) is 11.6 Å². The second-order valence-corrected chi connectivity index (χ2v) is 3.01. The van der Waals surface area contributed by atoms with Crippen LogP contribution in [0.15, 0.2) is 22.3 Å². The normalized spacial score (nSPS) is 10.5. The number of halogens is 2. The van der Waals surface area contributed by atoms with Crippen molar-refractivity contribution in [1.82, 2.24) is 0 Å². The lowest BCUT2D eigenvalue weighted by Crippen LogP contribution is -2.21. The summed E-state index contributed by atoms with van der Waals surface area (Å²) < 4.78 is 12.9. The molecule has 15 heavy (non-hydrogen) atoms. The Kier molecular flexibility index (Phi) is 3.46. The molecule has 0 aliphatic heterocycles. The fourth-order valence-electron chi connectivity index (χ4n) is 0.822. The van der Waals surface area contributed by atoms with Crippen molar-refractivity contribution in [3.8, 4) is 5.75 Å². The van der Waals surface area contributed by atoms with Crippen molar-refractivity contribution in [2.45, 2.75) is 0 Å². The molecule has 80 valence electrons. The minimum absolute atomic E-state index is 0.110. The summed E-state index contributed by atoms with van der Waals surface area (Å²) in [6, 6.07) is 2.37. The molecule has 0 aromatic heterocycles. The first kappa shape index (κ1) is 11.3. The fraction of sp³-hybridized carbons (Fsp3) is 0. The van der Waals surface area contributed by atoms with E-state index in [1.165, 1.54) is 12.3 Å². The van der Waals surface area contributed by atoms with Crippen LogP contribution in [0, 0.1) is 5.82 Å². The van der Waals surface area contributed by atoms with Gasteiger partial charge in [0.2, 0.25) is 5.96 Å². The Bertz CT molecular complexity index is 406. The maximum atomic E-state index is 12.9. The molecule has 1 rings (SSSR count). The Hall–Kier alpha value is -1.82. The first-order valence-electron chi connectivity index (χ1n) is 3.80. The first-order chi connectivity index (χ1) is 7.00. The molecular formula is C8H8ClFN4O. The Labute approximate surface area is 89.9 Å². The van der Waals surface area contributed by atoms with Gasteiger partial charge in [-0.2, -0.15) is 5.10 Å². The number of phenols is 1. The summed E-state index contributed by atoms with van der Waals surface area (Å²) in [6.45, 7) is 0. The fourth-order valence-corrected chi connectivity index (χ4v) is 1.04. The zero-order valence-corrected chi connectivity index (χ0v) is 8.24. The summed E-state index contributed by atoms with van der Waals surface area (Å²) in [6.07, 6.45) is 1.20. The minimum atomic E-state index is -0.839. The maximum absolute atomic E-state index is 12.9. The smallest absolute Gasteiger partial charge is 0.211 e. The summed E-state index contributed by atoms with van der Waals surface area (Å²) in [5.74, 6) is -1.65. The van der Waals surface area contributed by atoms with Gasteiger partial charge in [-0.05, 0) is 17.7 Å². The summed E-state index contributed by atoms with van der Waals surface area (Å²) in [5, 5.41) is 15.7. The van der Waals surface area contributed by atoms with Crippen molar-refractivity contribution in [2.75, 3.05) is 0 Å². The third-order valence-electron chi connectivity index (χ3n) is 1.42. The van der Waals surface area contributed by atoms with E-state index in [-0.39, 0.29) is 11.0 Å². The van der Waals surface area contributed by atoms with Crippen molar-refractivity contribution in [3.63, 3.8) is 0 Å². The van der Waals surface area contributed by atoms with E-state index in [0.717, 1.165) is 6.07 Å². The zero-order valence-electron chi connectivity index (χ0n) is 7.48. The third-order valence-corrected chi connectivity index (χ3v) is 1.71. The van der Waals surface area contributed by atoms with Gasteiger partial charge in [0.25, 0.3) is 0 Å². The van der Waals surface area contributed by atoms with Crippen LogP contribution in [0.25, 0.3) is 0 Å². The zero-order chi connectivity index (χ0) is 11.4. The van der Waals surface area contributed by atoms with E-state index in [9.17, 15) is 4.39 Å². The Morgan fingerprint density at radius 3 is 2.67 bits per heavy atom. The molecular weight excluding hydrogens is 223 g/mol. The monoisotopic (exact) mass is 230 g/mol. The van der Waals surface area contributed by atoms with Crippen LogP contribution in [-0.4, -0.2) is 17.3 Å². The Morgan fingerprint density at radius 2 is 2.13 bits per heavy atom. The van der Waals surface area contributed by atoms with Gasteiger partial charge in [0.1, 0.15) is 0 Å². The number of benzene rings is 1. The van der Waals surface area contributed by atoms with Crippen LogP contribution in [0.5, 0.6) is 5.75 Å². The maximum Gasteiger partial charge on any atom is 0.211 e. The number of nitrogens with two attached hydrogens (primary N) is 2. The van der Waals surface area contributed by atoms with E-state index in [1.54, 1.807) is 0 Å². The number of guanidine groups is 1. The first-order valence-corrected chi connectivity index (χ1v) is 4.18. The number of aromatic hydroxyl groups is 1. The van der Waals surface area contributed by atoms with Crippen LogP contribution in [0.4, 0.5) is 4.39 Å². The van der Waals surface area contributed by atoms with E-state index in [4.69, 9.17) is 28.2 Å². The summed E-state index contributed by atoms with van der Waals surface area (Å²) in [4.78, 5) is 0. The third kappa shape index (κ3) is 3.10. The molecule has 1 aromatic carbocycles. The lowest BCUT2D eigenvalue weighted by molar-refractivity contribution is 0.432. The molecule has 0 amide bonds. The molecule has 7 heteroatoms. The SMILES string of the molecule is NC(N)=NN=Cc1cc(F)c(O)c(Cl)c1. The second-order valence-electron chi connectivity index (χ2n) is 2.60. The summed E-state index contributed by atoms with van der Waals surface area (Å²) in [5.41, 5.74) is 10.4. The van der Waals surface area contributed by atoms with Crippen molar-refractivity contribution in [1.29, 1.82) is 0 Å². The van der Waals surface area contributed by atoms with Gasteiger partial charge in [0, 0.05) is 0 Å². The van der Waals surface area contributed by atoms with Gasteiger partial charge in [-0.3, -0.25) is 0 Å². The molecule has 0 saturated heterocycles. The highest BCUT2D eigenvalue weighted by molar-refractivity contribution is 6.32. The van der Waals surface area contributed by atoms with Crippen LogP contribution in [-0.2, 0) is 0 Å². The van der Waals surface area contributed by atoms with E-state index in [0.29, 0.717) is 5.56 Å². The highest BCUT2D eigenvalue weighted by atomic mass is 35.5. The summed E-state index contributed by atoms with van der Waals surface area (Å²) in [7, 11) is 0. The molecule has 0 saturated carbocycles. The average molecular weight is 231 g/mol. The largest absolute Gasteiger partial charge is 0.504 e. The standard InChI is InChI=1S/C8H8ClFN4O/c9-5-1-4(2-6(10)7(5)15)3-13-14-8(11)12/h1-3,15H,(H4,11,12,14). The molecule has 5 N–H and O–H groups in total. The van der Waals surface area contributed by atoms with Crippen LogP contribution in [0.3, 0.4) is 0 Å². The van der Waals surface area contributed by atoms with Gasteiger partial charge >= 0.3 is 0 Å². The predicted molar refractivity (Wildman–Crippen MR) is 56.5 cm³/mol. The minimum Gasteiger partial charge on any atom is -0.504 e. The number of hydrogen-bond acceptors (Lipinski definition) is 3. The van der Waals surface area contributed by atoms with Crippen molar-refractivity contribution in [3.05, 3.63) is 28.5 Å².